The molecule has 0 bridgehead atoms. The molecule has 0 aliphatic heterocycles. The Balaban J connectivity index is 1.95. The number of rotatable bonds is 7. The lowest BCUT2D eigenvalue weighted by Crippen LogP contribution is -2.04. The van der Waals surface area contributed by atoms with Crippen LogP contribution in [-0.2, 0) is 6.54 Å². The molecule has 0 spiro atoms. The van der Waals surface area contributed by atoms with E-state index in [2.05, 4.69) is 16.9 Å². The Hall–Kier alpha value is -1.58. The zero-order valence-electron chi connectivity index (χ0n) is 12.0. The van der Waals surface area contributed by atoms with Crippen LogP contribution < -0.4 is 5.73 Å². The van der Waals surface area contributed by atoms with E-state index in [0.717, 1.165) is 29.7 Å². The van der Waals surface area contributed by atoms with Crippen LogP contribution in [0.4, 0.5) is 5.95 Å². The van der Waals surface area contributed by atoms with E-state index in [1.165, 1.54) is 32.1 Å². The molecule has 4 heteroatoms. The second-order valence-electron chi connectivity index (χ2n) is 5.24. The Kier molecular flexibility index (Phi) is 4.77. The van der Waals surface area contributed by atoms with Crippen LogP contribution >= 0.6 is 0 Å². The summed E-state index contributed by atoms with van der Waals surface area (Å²) in [7, 11) is 0. The highest BCUT2D eigenvalue weighted by Gasteiger charge is 2.08. The predicted molar refractivity (Wildman–Crippen MR) is 80.1 cm³/mol. The molecule has 2 rings (SSSR count). The largest absolute Gasteiger partial charge is 0.369 e. The van der Waals surface area contributed by atoms with Crippen LogP contribution in [0.2, 0.25) is 0 Å². The van der Waals surface area contributed by atoms with Gasteiger partial charge in [0.1, 0.15) is 5.52 Å². The van der Waals surface area contributed by atoms with Crippen LogP contribution in [-0.4, -0.2) is 14.5 Å². The van der Waals surface area contributed by atoms with Gasteiger partial charge in [0.15, 0.2) is 5.65 Å². The standard InChI is InChI=1S/C15H24N4/c1-3-4-5-6-7-8-9-19-14-13(18-15(19)16)10-12(2)11-17-14/h10-11H,3-9H2,1-2H3,(H2,16,18). The zero-order valence-corrected chi connectivity index (χ0v) is 12.0. The highest BCUT2D eigenvalue weighted by Crippen LogP contribution is 2.18. The third-order valence-electron chi connectivity index (χ3n) is 3.49. The van der Waals surface area contributed by atoms with Crippen molar-refractivity contribution in [3.05, 3.63) is 17.8 Å². The maximum absolute atomic E-state index is 5.98. The molecular weight excluding hydrogens is 236 g/mol. The molecule has 104 valence electrons. The Morgan fingerprint density at radius 3 is 2.68 bits per heavy atom. The van der Waals surface area contributed by atoms with Crippen molar-refractivity contribution in [3.63, 3.8) is 0 Å². The first-order valence-corrected chi connectivity index (χ1v) is 7.30. The third-order valence-corrected chi connectivity index (χ3v) is 3.49. The number of nitrogens with zero attached hydrogens (tertiary/aromatic N) is 3. The van der Waals surface area contributed by atoms with Crippen molar-refractivity contribution in [1.29, 1.82) is 0 Å². The molecule has 0 aliphatic carbocycles. The average molecular weight is 260 g/mol. The molecule has 0 saturated carbocycles. The maximum Gasteiger partial charge on any atom is 0.202 e. The SMILES string of the molecule is CCCCCCCCn1c(N)nc2cc(C)cnc21. The van der Waals surface area contributed by atoms with Crippen LogP contribution in [0.3, 0.4) is 0 Å². The Labute approximate surface area is 115 Å². The summed E-state index contributed by atoms with van der Waals surface area (Å²) in [5.74, 6) is 0.585. The van der Waals surface area contributed by atoms with Gasteiger partial charge >= 0.3 is 0 Å². The second-order valence-corrected chi connectivity index (χ2v) is 5.24. The van der Waals surface area contributed by atoms with Crippen molar-refractivity contribution >= 4 is 17.1 Å². The van der Waals surface area contributed by atoms with Crippen molar-refractivity contribution in [3.8, 4) is 0 Å². The van der Waals surface area contributed by atoms with E-state index >= 15 is 0 Å². The topological polar surface area (TPSA) is 56.7 Å². The fourth-order valence-corrected chi connectivity index (χ4v) is 2.40. The molecule has 0 aromatic carbocycles. The van der Waals surface area contributed by atoms with E-state index < -0.39 is 0 Å². The van der Waals surface area contributed by atoms with E-state index in [9.17, 15) is 0 Å². The van der Waals surface area contributed by atoms with E-state index in [4.69, 9.17) is 5.73 Å². The second kappa shape index (κ2) is 6.55. The lowest BCUT2D eigenvalue weighted by atomic mass is 10.1. The number of nitrogens with two attached hydrogens (primary N) is 1. The Morgan fingerprint density at radius 2 is 1.89 bits per heavy atom. The van der Waals surface area contributed by atoms with Gasteiger partial charge in [0.2, 0.25) is 5.95 Å². The highest BCUT2D eigenvalue weighted by atomic mass is 15.2. The number of nitrogen functional groups attached to an aromatic ring is 1. The molecule has 4 nitrogen and oxygen atoms in total. The first kappa shape index (κ1) is 13.8. The minimum Gasteiger partial charge on any atom is -0.369 e. The number of hydrogen-bond acceptors (Lipinski definition) is 3. The molecule has 0 saturated heterocycles. The summed E-state index contributed by atoms with van der Waals surface area (Å²) in [5.41, 5.74) is 8.92. The van der Waals surface area contributed by atoms with Crippen molar-refractivity contribution in [1.82, 2.24) is 14.5 Å². The monoisotopic (exact) mass is 260 g/mol. The molecule has 0 aliphatic rings. The first-order valence-electron chi connectivity index (χ1n) is 7.30. The van der Waals surface area contributed by atoms with Crippen molar-refractivity contribution < 1.29 is 0 Å². The number of imidazole rings is 1. The van der Waals surface area contributed by atoms with Crippen molar-refractivity contribution in [2.24, 2.45) is 0 Å². The smallest absolute Gasteiger partial charge is 0.202 e. The van der Waals surface area contributed by atoms with Gasteiger partial charge in [-0.25, -0.2) is 9.97 Å². The van der Waals surface area contributed by atoms with E-state index in [1.54, 1.807) is 0 Å². The van der Waals surface area contributed by atoms with Gasteiger partial charge in [-0.15, -0.1) is 0 Å². The Bertz CT molecular complexity index is 530. The molecule has 2 aromatic heterocycles. The number of aryl methyl sites for hydroxylation is 2. The lowest BCUT2D eigenvalue weighted by molar-refractivity contribution is 0.565. The number of fused-ring (bicyclic) bond motifs is 1. The predicted octanol–water partition coefficient (Wildman–Crippen LogP) is 3.68. The van der Waals surface area contributed by atoms with Gasteiger partial charge in [0.25, 0.3) is 0 Å². The molecule has 0 radical (unpaired) electrons. The highest BCUT2D eigenvalue weighted by molar-refractivity contribution is 5.74. The summed E-state index contributed by atoms with van der Waals surface area (Å²) >= 11 is 0. The summed E-state index contributed by atoms with van der Waals surface area (Å²) in [6.45, 7) is 5.19. The summed E-state index contributed by atoms with van der Waals surface area (Å²) < 4.78 is 2.04. The van der Waals surface area contributed by atoms with Gasteiger partial charge in [0.05, 0.1) is 0 Å². The van der Waals surface area contributed by atoms with Gasteiger partial charge in [-0.3, -0.25) is 4.57 Å². The molecular formula is C15H24N4. The molecule has 0 unspecified atom stereocenters. The van der Waals surface area contributed by atoms with Gasteiger partial charge in [0, 0.05) is 12.7 Å². The van der Waals surface area contributed by atoms with E-state index in [-0.39, 0.29) is 0 Å². The fraction of sp³-hybridized carbons (Fsp3) is 0.600. The summed E-state index contributed by atoms with van der Waals surface area (Å²) in [5, 5.41) is 0. The zero-order chi connectivity index (χ0) is 13.7. The maximum atomic E-state index is 5.98. The number of pyridine rings is 1. The number of anilines is 1. The van der Waals surface area contributed by atoms with Crippen LogP contribution in [0.1, 0.15) is 51.0 Å². The number of aromatic nitrogens is 3. The van der Waals surface area contributed by atoms with Crippen molar-refractivity contribution in [2.75, 3.05) is 5.73 Å². The summed E-state index contributed by atoms with van der Waals surface area (Å²) in [4.78, 5) is 8.83. The molecule has 2 N–H and O–H groups in total. The quantitative estimate of drug-likeness (QED) is 0.772. The number of hydrogen-bond donors (Lipinski definition) is 1. The van der Waals surface area contributed by atoms with E-state index in [0.29, 0.717) is 5.95 Å². The number of unbranched alkanes of at least 4 members (excludes halogenated alkanes) is 5. The Morgan fingerprint density at radius 1 is 1.16 bits per heavy atom. The van der Waals surface area contributed by atoms with Gasteiger partial charge in [-0.05, 0) is 25.0 Å². The molecule has 2 heterocycles. The molecule has 19 heavy (non-hydrogen) atoms. The van der Waals surface area contributed by atoms with E-state index in [1.807, 2.05) is 23.8 Å². The minimum atomic E-state index is 0.585. The molecule has 0 amide bonds. The van der Waals surface area contributed by atoms with Crippen LogP contribution in [0, 0.1) is 6.92 Å². The average Bonchev–Trinajstić information content (AvgIpc) is 2.69. The normalized spacial score (nSPS) is 11.3. The molecule has 2 aromatic rings. The first-order chi connectivity index (χ1) is 9.22. The van der Waals surface area contributed by atoms with Crippen LogP contribution in [0.25, 0.3) is 11.2 Å². The summed E-state index contributed by atoms with van der Waals surface area (Å²) in [6, 6.07) is 2.04. The van der Waals surface area contributed by atoms with Crippen LogP contribution in [0.5, 0.6) is 0 Å². The van der Waals surface area contributed by atoms with Gasteiger partial charge in [-0.2, -0.15) is 0 Å². The van der Waals surface area contributed by atoms with Gasteiger partial charge < -0.3 is 5.73 Å². The molecule has 0 atom stereocenters. The minimum absolute atomic E-state index is 0.585. The third kappa shape index (κ3) is 3.46. The van der Waals surface area contributed by atoms with Gasteiger partial charge in [-0.1, -0.05) is 39.0 Å². The lowest BCUT2D eigenvalue weighted by Gasteiger charge is -2.05. The van der Waals surface area contributed by atoms with Crippen molar-refractivity contribution in [2.45, 2.75) is 58.9 Å². The summed E-state index contributed by atoms with van der Waals surface area (Å²) in [6.07, 6.45) is 9.57. The fourth-order valence-electron chi connectivity index (χ4n) is 2.40. The van der Waals surface area contributed by atoms with Crippen LogP contribution in [0.15, 0.2) is 12.3 Å². The molecule has 0 fully saturated rings.